The Morgan fingerprint density at radius 1 is 0.839 bits per heavy atom. The van der Waals surface area contributed by atoms with Crippen molar-refractivity contribution in [3.63, 3.8) is 0 Å². The molecule has 176 valence electrons. The first kappa shape index (κ1) is 28.0. The molecule has 0 spiro atoms. The molecule has 0 fully saturated rings. The van der Waals surface area contributed by atoms with Crippen LogP contribution in [-0.2, 0) is 15.6 Å². The molecular weight excluding hydrogens is 474 g/mol. The lowest BCUT2D eigenvalue weighted by Crippen LogP contribution is -2.48. The summed E-state index contributed by atoms with van der Waals surface area (Å²) in [5, 5.41) is 5.57. The Morgan fingerprint density at radius 3 is 1.81 bits per heavy atom. The van der Waals surface area contributed by atoms with Gasteiger partial charge < -0.3 is 19.8 Å². The normalized spacial score (nSPS) is 12.6. The second kappa shape index (κ2) is 14.1. The lowest BCUT2D eigenvalue weighted by molar-refractivity contribution is 0.237. The van der Waals surface area contributed by atoms with Crippen molar-refractivity contribution in [1.82, 2.24) is 20.1 Å². The number of carbonyl (C=O) groups is 2. The van der Waals surface area contributed by atoms with E-state index in [0.29, 0.717) is 31.1 Å². The topological polar surface area (TPSA) is 116 Å². The summed E-state index contributed by atoms with van der Waals surface area (Å²) in [5.41, 5.74) is 1.01. The molecule has 0 saturated carbocycles. The third kappa shape index (κ3) is 10.9. The van der Waals surface area contributed by atoms with Gasteiger partial charge in [-0.15, -0.1) is 0 Å². The van der Waals surface area contributed by atoms with Crippen LogP contribution in [0.15, 0.2) is 30.3 Å². The van der Waals surface area contributed by atoms with E-state index in [2.05, 4.69) is 20.1 Å². The van der Waals surface area contributed by atoms with E-state index in [0.717, 1.165) is 28.7 Å². The number of hydrogen-bond donors (Lipinski definition) is 4. The predicted molar refractivity (Wildman–Crippen MR) is 135 cm³/mol. The van der Waals surface area contributed by atoms with E-state index in [1.54, 1.807) is 0 Å². The van der Waals surface area contributed by atoms with Crippen molar-refractivity contribution in [2.24, 2.45) is 0 Å². The molecule has 1 unspecified atom stereocenters. The zero-order valence-electron chi connectivity index (χ0n) is 18.6. The molecule has 1 aromatic rings. The largest absolute Gasteiger partial charge is 0.335 e. The van der Waals surface area contributed by atoms with Crippen LogP contribution < -0.4 is 20.1 Å². The minimum Gasteiger partial charge on any atom is -0.335 e. The molecule has 0 heterocycles. The maximum absolute atomic E-state index is 12.5. The third-order valence-corrected chi connectivity index (χ3v) is 15.4. The molecule has 31 heavy (non-hydrogen) atoms. The molecule has 4 amide bonds. The quantitative estimate of drug-likeness (QED) is 0.217. The maximum Gasteiger partial charge on any atom is 0.325 e. The van der Waals surface area contributed by atoms with E-state index in [4.69, 9.17) is 0 Å². The molecule has 4 N–H and O–H groups in total. The Balaban J connectivity index is 2.67. The van der Waals surface area contributed by atoms with Crippen LogP contribution in [0.5, 0.6) is 0 Å². The van der Waals surface area contributed by atoms with Crippen molar-refractivity contribution >= 4 is 47.9 Å². The van der Waals surface area contributed by atoms with Gasteiger partial charge in [-0.2, -0.15) is 0 Å². The number of urea groups is 2. The average Bonchev–Trinajstić information content (AvgIpc) is 2.80. The second-order valence-corrected chi connectivity index (χ2v) is 18.5. The molecule has 0 aliphatic rings. The smallest absolute Gasteiger partial charge is 0.325 e. The summed E-state index contributed by atoms with van der Waals surface area (Å²) in [5.74, 6) is 0. The third-order valence-electron chi connectivity index (χ3n) is 4.71. The summed E-state index contributed by atoms with van der Waals surface area (Å²) in [7, 11) is 0. The number of hydrogen-bond acceptors (Lipinski definition) is 6. The van der Waals surface area contributed by atoms with Gasteiger partial charge in [0.05, 0.1) is 6.04 Å². The summed E-state index contributed by atoms with van der Waals surface area (Å²) in [6, 6.07) is 8.32. The van der Waals surface area contributed by atoms with Gasteiger partial charge >= 0.3 is 12.1 Å². The Kier molecular flexibility index (Phi) is 12.8. The minimum atomic E-state index is -2.47. The van der Waals surface area contributed by atoms with E-state index in [1.165, 1.54) is 0 Å². The van der Waals surface area contributed by atoms with Crippen LogP contribution in [0.1, 0.15) is 33.3 Å². The fraction of sp³-hybridized carbons (Fsp3) is 0.579. The van der Waals surface area contributed by atoms with Crippen molar-refractivity contribution in [2.45, 2.75) is 40.2 Å². The number of rotatable bonds is 13. The van der Waals surface area contributed by atoms with Gasteiger partial charge in [-0.05, 0) is 12.0 Å². The molecule has 1 rings (SSSR count). The first-order valence-corrected chi connectivity index (χ1v) is 17.4. The predicted octanol–water partition coefficient (Wildman–Crippen LogP) is 5.13. The molecule has 0 aliphatic heterocycles. The summed E-state index contributed by atoms with van der Waals surface area (Å²) in [6.45, 7) is 7.53. The van der Waals surface area contributed by atoms with E-state index in [-0.39, 0.29) is 12.6 Å². The number of carbonyl (C=O) groups excluding carboxylic acids is 2. The SMILES string of the molecule is CCP(=O)(CC)SNC(=O)NCC(Cc1ccccc1)NC(=O)NSP(=O)(CC)CC. The second-order valence-electron chi connectivity index (χ2n) is 6.85. The molecule has 12 heteroatoms. The van der Waals surface area contributed by atoms with E-state index >= 15 is 0 Å². The first-order valence-electron chi connectivity index (χ1n) is 10.4. The highest BCUT2D eigenvalue weighted by Gasteiger charge is 2.22. The van der Waals surface area contributed by atoms with Gasteiger partial charge in [0, 0.05) is 54.3 Å². The summed E-state index contributed by atoms with van der Waals surface area (Å²) >= 11 is 1.96. The first-order chi connectivity index (χ1) is 14.7. The van der Waals surface area contributed by atoms with Crippen LogP contribution in [0, 0.1) is 0 Å². The standard InChI is InChI=1S/C19H34N4O4P2S2/c1-5-28(26,6-2)30-22-18(24)20-15-17(14-16-12-10-9-11-13-16)21-19(25)23-31-29(27,7-3)8-4/h9-13,17H,5-8,14-15H2,1-4H3,(H2,20,22,24)(H2,21,23,25). The van der Waals surface area contributed by atoms with Crippen LogP contribution in [0.4, 0.5) is 9.59 Å². The summed E-state index contributed by atoms with van der Waals surface area (Å²) in [4.78, 5) is 24.5. The Labute approximate surface area is 193 Å². The van der Waals surface area contributed by atoms with Crippen LogP contribution in [-0.4, -0.2) is 49.3 Å². The highest BCUT2D eigenvalue weighted by atomic mass is 32.7. The van der Waals surface area contributed by atoms with Crippen molar-refractivity contribution in [1.29, 1.82) is 0 Å². The molecule has 1 atom stereocenters. The van der Waals surface area contributed by atoms with E-state index in [9.17, 15) is 18.7 Å². The van der Waals surface area contributed by atoms with Gasteiger partial charge in [-0.3, -0.25) is 9.44 Å². The molecule has 0 radical (unpaired) electrons. The minimum absolute atomic E-state index is 0.182. The molecule has 0 aliphatic carbocycles. The molecule has 8 nitrogen and oxygen atoms in total. The lowest BCUT2D eigenvalue weighted by Gasteiger charge is -2.21. The zero-order valence-corrected chi connectivity index (χ0v) is 22.0. The number of nitrogens with one attached hydrogen (secondary N) is 4. The van der Waals surface area contributed by atoms with E-state index < -0.39 is 24.7 Å². The Morgan fingerprint density at radius 2 is 1.32 bits per heavy atom. The average molecular weight is 509 g/mol. The van der Waals surface area contributed by atoms with Gasteiger partial charge in [0.1, 0.15) is 0 Å². The van der Waals surface area contributed by atoms with Gasteiger partial charge in [0.15, 0.2) is 12.7 Å². The fourth-order valence-corrected chi connectivity index (χ4v) is 7.58. The van der Waals surface area contributed by atoms with Gasteiger partial charge in [0.25, 0.3) is 0 Å². The highest BCUT2D eigenvalue weighted by Crippen LogP contribution is 2.56. The van der Waals surface area contributed by atoms with Crippen molar-refractivity contribution in [3.05, 3.63) is 35.9 Å². The summed E-state index contributed by atoms with van der Waals surface area (Å²) < 4.78 is 30.1. The Bertz CT molecular complexity index is 782. The van der Waals surface area contributed by atoms with Crippen LogP contribution in [0.2, 0.25) is 0 Å². The highest BCUT2D eigenvalue weighted by molar-refractivity contribution is 8.57. The maximum atomic E-state index is 12.5. The molecule has 0 saturated heterocycles. The van der Waals surface area contributed by atoms with Crippen molar-refractivity contribution in [2.75, 3.05) is 31.2 Å². The zero-order chi connectivity index (χ0) is 23.3. The van der Waals surface area contributed by atoms with Crippen molar-refractivity contribution in [3.8, 4) is 0 Å². The van der Waals surface area contributed by atoms with Gasteiger partial charge in [0.2, 0.25) is 0 Å². The summed E-state index contributed by atoms with van der Waals surface area (Å²) in [6.07, 6.45) is -2.41. The molecular formula is C19H34N4O4P2S2. The molecule has 1 aromatic carbocycles. The number of amides is 4. The lowest BCUT2D eigenvalue weighted by atomic mass is 10.1. The number of benzene rings is 1. The van der Waals surface area contributed by atoms with Gasteiger partial charge in [-0.25, -0.2) is 9.59 Å². The van der Waals surface area contributed by atoms with Crippen LogP contribution >= 0.6 is 35.8 Å². The van der Waals surface area contributed by atoms with Crippen LogP contribution in [0.25, 0.3) is 0 Å². The van der Waals surface area contributed by atoms with E-state index in [1.807, 2.05) is 58.0 Å². The van der Waals surface area contributed by atoms with Crippen molar-refractivity contribution < 1.29 is 18.7 Å². The Hall–Kier alpha value is -1.08. The molecule has 0 aromatic heterocycles. The molecule has 0 bridgehead atoms. The monoisotopic (exact) mass is 508 g/mol. The van der Waals surface area contributed by atoms with Gasteiger partial charge in [-0.1, -0.05) is 58.0 Å². The fourth-order valence-electron chi connectivity index (χ4n) is 2.49. The van der Waals surface area contributed by atoms with Crippen LogP contribution in [0.3, 0.4) is 0 Å².